The number of carbonyl (C=O) groups excluding carboxylic acids is 4. The number of ether oxygens (including phenoxy) is 4. The zero-order valence-electron chi connectivity index (χ0n) is 32.9. The number of hydrogen-bond donors (Lipinski definition) is 3. The Labute approximate surface area is 352 Å². The Hall–Kier alpha value is -5.36. The fourth-order valence-corrected chi connectivity index (χ4v) is 9.36. The second-order valence-corrected chi connectivity index (χ2v) is 16.6. The Morgan fingerprint density at radius 2 is 1.88 bits per heavy atom. The van der Waals surface area contributed by atoms with Crippen LogP contribution in [-0.4, -0.2) is 98.6 Å². The summed E-state index contributed by atoms with van der Waals surface area (Å²) in [6.45, 7) is 4.34. The lowest BCUT2D eigenvalue weighted by Crippen LogP contribution is -2.30. The van der Waals surface area contributed by atoms with E-state index in [0.717, 1.165) is 4.90 Å². The number of anilines is 2. The van der Waals surface area contributed by atoms with Gasteiger partial charge in [-0.3, -0.25) is 19.3 Å². The number of carboxylic acid groups (broad SMARTS) is 1. The molecule has 18 heteroatoms. The number of fused-ring (bicyclic) bond motifs is 4. The average molecular weight is 867 g/mol. The predicted octanol–water partition coefficient (Wildman–Crippen LogP) is 7.76. The number of aromatic nitrogens is 1. The molecule has 3 heterocycles. The Morgan fingerprint density at radius 3 is 2.61 bits per heavy atom. The number of carboxylic acids is 1. The Balaban J connectivity index is 1.24. The molecule has 0 aliphatic carbocycles. The number of para-hydroxylation sites is 1. The number of aliphatic carboxylic acids is 1. The lowest BCUT2D eigenvalue weighted by atomic mass is 9.95. The summed E-state index contributed by atoms with van der Waals surface area (Å²) in [5, 5.41) is 12.5. The molecule has 0 spiro atoms. The topological polar surface area (TPSA) is 190 Å². The molecule has 2 atom stereocenters. The molecule has 3 aromatic carbocycles. The van der Waals surface area contributed by atoms with Crippen LogP contribution in [0.2, 0.25) is 0 Å². The van der Waals surface area contributed by atoms with E-state index in [2.05, 4.69) is 10.3 Å². The first-order chi connectivity index (χ1) is 28.3. The summed E-state index contributed by atoms with van der Waals surface area (Å²) in [5.74, 6) is -1.71. The van der Waals surface area contributed by atoms with E-state index in [4.69, 9.17) is 40.1 Å². The highest BCUT2D eigenvalue weighted by atomic mass is 35.5. The highest BCUT2D eigenvalue weighted by molar-refractivity contribution is 8.77. The van der Waals surface area contributed by atoms with Crippen LogP contribution >= 0.6 is 33.2 Å². The normalized spacial score (nSPS) is 13.9. The van der Waals surface area contributed by atoms with Crippen LogP contribution in [0.25, 0.3) is 21.9 Å². The highest BCUT2D eigenvalue weighted by Gasteiger charge is 2.39. The van der Waals surface area contributed by atoms with Crippen LogP contribution in [0.1, 0.15) is 57.9 Å². The zero-order chi connectivity index (χ0) is 42.4. The van der Waals surface area contributed by atoms with Crippen molar-refractivity contribution in [2.24, 2.45) is 0 Å². The van der Waals surface area contributed by atoms with Gasteiger partial charge in [0.1, 0.15) is 11.3 Å². The third-order valence-electron chi connectivity index (χ3n) is 9.61. The summed E-state index contributed by atoms with van der Waals surface area (Å²) in [6.07, 6.45) is -0.627. The number of aryl methyl sites for hydroxylation is 1. The number of hydrogen-bond acceptors (Lipinski definition) is 12. The molecule has 2 aromatic heterocycles. The molecule has 0 saturated carbocycles. The van der Waals surface area contributed by atoms with E-state index in [1.165, 1.54) is 38.5 Å². The summed E-state index contributed by atoms with van der Waals surface area (Å²) in [6, 6.07) is 15.7. The van der Waals surface area contributed by atoms with Gasteiger partial charge in [0.25, 0.3) is 5.91 Å². The van der Waals surface area contributed by atoms with Crippen molar-refractivity contribution in [3.63, 3.8) is 0 Å². The third-order valence-corrected chi connectivity index (χ3v) is 12.9. The monoisotopic (exact) mass is 866 g/mol. The van der Waals surface area contributed by atoms with Crippen LogP contribution in [0.4, 0.5) is 16.2 Å². The van der Waals surface area contributed by atoms with Gasteiger partial charge in [-0.05, 0) is 48.9 Å². The molecule has 1 unspecified atom stereocenters. The minimum Gasteiger partial charge on any atom is -0.497 e. The smallest absolute Gasteiger partial charge is 0.419 e. The highest BCUT2D eigenvalue weighted by Crippen LogP contribution is 2.48. The lowest BCUT2D eigenvalue weighted by Gasteiger charge is -2.21. The Morgan fingerprint density at radius 1 is 1.10 bits per heavy atom. The minimum absolute atomic E-state index is 0.0719. The van der Waals surface area contributed by atoms with Gasteiger partial charge in [0.15, 0.2) is 11.5 Å². The SMILES string of the molecule is COC(=O)c1c(C)[nH]c2c(OC(=O)N(C)c3ccccc3SSC(C)CC(=O)NCCOCCC(=O)O)cc3c(c12)[C@H](CCl)CN3C(=O)c1cc2cc(OC)ccc2o1. The molecule has 6 rings (SSSR count). The fraction of sp³-hybridized carbons (Fsp3) is 0.341. The summed E-state index contributed by atoms with van der Waals surface area (Å²) >= 11 is 6.55. The molecule has 3 N–H and O–H groups in total. The number of esters is 1. The molecular weight excluding hydrogens is 824 g/mol. The van der Waals surface area contributed by atoms with Crippen LogP contribution in [0.5, 0.6) is 11.5 Å². The fourth-order valence-electron chi connectivity index (χ4n) is 6.76. The number of carbonyl (C=O) groups is 5. The van der Waals surface area contributed by atoms with Gasteiger partial charge in [-0.15, -0.1) is 11.6 Å². The van der Waals surface area contributed by atoms with Gasteiger partial charge < -0.3 is 43.7 Å². The van der Waals surface area contributed by atoms with E-state index >= 15 is 0 Å². The molecule has 15 nitrogen and oxygen atoms in total. The van der Waals surface area contributed by atoms with E-state index in [-0.39, 0.29) is 73.3 Å². The first kappa shape index (κ1) is 43.2. The summed E-state index contributed by atoms with van der Waals surface area (Å²) in [4.78, 5) is 71.5. The summed E-state index contributed by atoms with van der Waals surface area (Å²) in [7, 11) is 7.26. The molecule has 312 valence electrons. The minimum atomic E-state index is -0.949. The molecule has 3 amide bonds. The number of alkyl halides is 1. The van der Waals surface area contributed by atoms with Gasteiger partial charge in [-0.25, -0.2) is 9.59 Å². The molecule has 0 saturated heterocycles. The quantitative estimate of drug-likeness (QED) is 0.0356. The molecular formula is C41H43ClN4O11S2. The number of nitrogens with one attached hydrogen (secondary N) is 2. The largest absolute Gasteiger partial charge is 0.497 e. The first-order valence-electron chi connectivity index (χ1n) is 18.5. The number of H-pyrrole nitrogens is 1. The van der Waals surface area contributed by atoms with Gasteiger partial charge in [0.2, 0.25) is 5.91 Å². The number of furan rings is 1. The Bertz CT molecular complexity index is 2400. The van der Waals surface area contributed by atoms with Crippen LogP contribution in [0.15, 0.2) is 63.9 Å². The number of halogens is 1. The van der Waals surface area contributed by atoms with E-state index in [0.29, 0.717) is 50.3 Å². The van der Waals surface area contributed by atoms with Gasteiger partial charge >= 0.3 is 18.0 Å². The number of benzene rings is 3. The molecule has 1 aliphatic heterocycles. The second-order valence-electron chi connectivity index (χ2n) is 13.7. The van der Waals surface area contributed by atoms with E-state index in [1.807, 2.05) is 19.1 Å². The summed E-state index contributed by atoms with van der Waals surface area (Å²) in [5.41, 5.74) is 3.13. The van der Waals surface area contributed by atoms with Gasteiger partial charge in [0.05, 0.1) is 56.3 Å². The van der Waals surface area contributed by atoms with Crippen LogP contribution < -0.4 is 24.6 Å². The van der Waals surface area contributed by atoms with Crippen molar-refractivity contribution in [3.05, 3.63) is 77.2 Å². The lowest BCUT2D eigenvalue weighted by molar-refractivity contribution is -0.138. The number of aromatic amines is 1. The van der Waals surface area contributed by atoms with Crippen LogP contribution in [0.3, 0.4) is 0 Å². The van der Waals surface area contributed by atoms with Crippen molar-refractivity contribution in [1.29, 1.82) is 0 Å². The zero-order valence-corrected chi connectivity index (χ0v) is 35.3. The van der Waals surface area contributed by atoms with Crippen LogP contribution in [-0.2, 0) is 19.1 Å². The maximum atomic E-state index is 14.2. The van der Waals surface area contributed by atoms with Crippen molar-refractivity contribution in [3.8, 4) is 11.5 Å². The first-order valence-corrected chi connectivity index (χ1v) is 21.3. The maximum absolute atomic E-state index is 14.2. The average Bonchev–Trinajstić information content (AvgIpc) is 3.93. The van der Waals surface area contributed by atoms with E-state index in [1.54, 1.807) is 63.5 Å². The second kappa shape index (κ2) is 19.1. The Kier molecular flexibility index (Phi) is 14.0. The predicted molar refractivity (Wildman–Crippen MR) is 227 cm³/mol. The van der Waals surface area contributed by atoms with Crippen molar-refractivity contribution in [2.45, 2.75) is 42.8 Å². The number of methoxy groups -OCH3 is 2. The maximum Gasteiger partial charge on any atom is 0.419 e. The molecule has 5 aromatic rings. The number of nitrogens with zero attached hydrogens (tertiary/aromatic N) is 2. The van der Waals surface area contributed by atoms with E-state index in [9.17, 15) is 24.0 Å². The van der Waals surface area contributed by atoms with Crippen molar-refractivity contribution >= 4 is 96.3 Å². The van der Waals surface area contributed by atoms with Gasteiger partial charge in [0, 0.05) is 71.0 Å². The van der Waals surface area contributed by atoms with Gasteiger partial charge in [-0.1, -0.05) is 40.6 Å². The van der Waals surface area contributed by atoms with Crippen molar-refractivity contribution in [2.75, 3.05) is 63.3 Å². The van der Waals surface area contributed by atoms with Crippen molar-refractivity contribution < 1.29 is 52.4 Å². The van der Waals surface area contributed by atoms with Gasteiger partial charge in [-0.2, -0.15) is 0 Å². The molecule has 1 aliphatic rings. The molecule has 59 heavy (non-hydrogen) atoms. The number of amides is 3. The third kappa shape index (κ3) is 9.59. The summed E-state index contributed by atoms with van der Waals surface area (Å²) < 4.78 is 27.8. The van der Waals surface area contributed by atoms with E-state index < -0.39 is 29.9 Å². The van der Waals surface area contributed by atoms with Crippen LogP contribution in [0, 0.1) is 6.92 Å². The number of rotatable bonds is 17. The molecule has 0 bridgehead atoms. The molecule has 0 fully saturated rings. The standard InChI is InChI=1S/C41H43ClN4O11S2/c1-22(16-33(47)43-13-15-55-14-12-34(48)49)58-59-32-9-7-6-8-27(32)45(3)41(52)57-30-19-28-36(37-35(40(51)54-5)23(2)44-38(30)37)25(20-42)21-46(28)39(50)31-18-24-17-26(53-4)10-11-29(24)56-31/h6-11,17-19,22,25,44H,12-16,20-21H2,1-5H3,(H,43,47)(H,48,49)/t22?,25-/m1/s1. The molecule has 0 radical (unpaired) electrons. The van der Waals surface area contributed by atoms with Crippen molar-refractivity contribution in [1.82, 2.24) is 10.3 Å².